The van der Waals surface area contributed by atoms with E-state index in [-0.39, 0.29) is 17.1 Å². The molecule has 1 aromatic carbocycles. The van der Waals surface area contributed by atoms with Crippen LogP contribution in [0.25, 0.3) is 11.0 Å². The first-order valence-corrected chi connectivity index (χ1v) is 8.13. The van der Waals surface area contributed by atoms with Crippen LogP contribution in [0.1, 0.15) is 56.4 Å². The van der Waals surface area contributed by atoms with E-state index in [1.54, 1.807) is 12.1 Å². The van der Waals surface area contributed by atoms with Gasteiger partial charge in [-0.1, -0.05) is 20.8 Å². The zero-order valence-electron chi connectivity index (χ0n) is 14.2. The Kier molecular flexibility index (Phi) is 3.82. The van der Waals surface area contributed by atoms with Gasteiger partial charge in [0.1, 0.15) is 0 Å². The molecule has 1 heterocycles. The maximum Gasteiger partial charge on any atom is 0.337 e. The van der Waals surface area contributed by atoms with E-state index < -0.39 is 5.97 Å². The van der Waals surface area contributed by atoms with Crippen molar-refractivity contribution in [3.8, 4) is 0 Å². The summed E-state index contributed by atoms with van der Waals surface area (Å²) in [5.74, 6) is 0.197. The summed E-state index contributed by atoms with van der Waals surface area (Å²) < 4.78 is 6.61. The highest BCUT2D eigenvalue weighted by Crippen LogP contribution is 2.44. The second-order valence-corrected chi connectivity index (χ2v) is 7.59. The van der Waals surface area contributed by atoms with Gasteiger partial charge >= 0.3 is 11.7 Å². The Morgan fingerprint density at radius 1 is 1.35 bits per heavy atom. The van der Waals surface area contributed by atoms with E-state index in [1.807, 2.05) is 10.6 Å². The van der Waals surface area contributed by atoms with Crippen molar-refractivity contribution in [2.24, 2.45) is 11.3 Å². The van der Waals surface area contributed by atoms with Crippen LogP contribution in [0.5, 0.6) is 0 Å². The minimum Gasteiger partial charge on any atom is -0.465 e. The first-order valence-electron chi connectivity index (χ1n) is 8.13. The van der Waals surface area contributed by atoms with Crippen LogP contribution in [0.4, 0.5) is 0 Å². The number of fused-ring (bicyclic) bond motifs is 1. The van der Waals surface area contributed by atoms with Crippen LogP contribution in [0.3, 0.4) is 0 Å². The standard InChI is InChI=1S/C18H24N2O3/c1-11-7-13(10-18(2,3)9-11)20-15-6-5-12(16(21)23-4)8-14(15)19-17(20)22/h5-6,8,11,13H,7,9-10H2,1-4H3,(H,19,22). The number of H-pyrrole nitrogens is 1. The molecular weight excluding hydrogens is 292 g/mol. The van der Waals surface area contributed by atoms with Crippen LogP contribution in [0, 0.1) is 11.3 Å². The topological polar surface area (TPSA) is 64.1 Å². The summed E-state index contributed by atoms with van der Waals surface area (Å²) in [6, 6.07) is 5.44. The molecule has 0 radical (unpaired) electrons. The fourth-order valence-corrected chi connectivity index (χ4v) is 4.23. The number of carbonyl (C=O) groups is 1. The third-order valence-corrected chi connectivity index (χ3v) is 4.87. The van der Waals surface area contributed by atoms with Crippen molar-refractivity contribution in [2.75, 3.05) is 7.11 Å². The SMILES string of the molecule is COC(=O)c1ccc2c(c1)[nH]c(=O)n2C1CC(C)CC(C)(C)C1. The number of nitrogens with one attached hydrogen (secondary N) is 1. The predicted octanol–water partition coefficient (Wildman–Crippen LogP) is 3.50. The van der Waals surface area contributed by atoms with Crippen molar-refractivity contribution in [1.29, 1.82) is 0 Å². The van der Waals surface area contributed by atoms with Crippen molar-refractivity contribution < 1.29 is 9.53 Å². The van der Waals surface area contributed by atoms with Crippen molar-refractivity contribution in [2.45, 2.75) is 46.1 Å². The van der Waals surface area contributed by atoms with E-state index in [9.17, 15) is 9.59 Å². The molecule has 2 unspecified atom stereocenters. The molecule has 2 aromatic rings. The predicted molar refractivity (Wildman–Crippen MR) is 89.7 cm³/mol. The van der Waals surface area contributed by atoms with Crippen LogP contribution < -0.4 is 5.69 Å². The van der Waals surface area contributed by atoms with Crippen LogP contribution in [0.2, 0.25) is 0 Å². The number of carbonyl (C=O) groups excluding carboxylic acids is 1. The van der Waals surface area contributed by atoms with E-state index in [2.05, 4.69) is 25.8 Å². The molecule has 0 bridgehead atoms. The number of rotatable bonds is 2. The van der Waals surface area contributed by atoms with Gasteiger partial charge in [0.05, 0.1) is 23.7 Å². The molecule has 124 valence electrons. The summed E-state index contributed by atoms with van der Waals surface area (Å²) in [7, 11) is 1.35. The largest absolute Gasteiger partial charge is 0.465 e. The van der Waals surface area contributed by atoms with Gasteiger partial charge in [-0.05, 0) is 48.8 Å². The Balaban J connectivity index is 2.06. The molecular formula is C18H24N2O3. The van der Waals surface area contributed by atoms with E-state index in [4.69, 9.17) is 4.74 Å². The van der Waals surface area contributed by atoms with Gasteiger partial charge in [-0.15, -0.1) is 0 Å². The highest BCUT2D eigenvalue weighted by Gasteiger charge is 2.34. The summed E-state index contributed by atoms with van der Waals surface area (Å²) in [5.41, 5.74) is 2.13. The summed E-state index contributed by atoms with van der Waals surface area (Å²) in [6.07, 6.45) is 3.19. The molecule has 1 aliphatic rings. The second-order valence-electron chi connectivity index (χ2n) is 7.59. The average Bonchev–Trinajstić information content (AvgIpc) is 2.79. The number of aromatic nitrogens is 2. The fraction of sp³-hybridized carbons (Fsp3) is 0.556. The maximum atomic E-state index is 12.5. The number of imidazole rings is 1. The number of benzene rings is 1. The highest BCUT2D eigenvalue weighted by molar-refractivity contribution is 5.93. The van der Waals surface area contributed by atoms with Gasteiger partial charge in [0.2, 0.25) is 0 Å². The van der Waals surface area contributed by atoms with Crippen molar-refractivity contribution in [3.63, 3.8) is 0 Å². The lowest BCUT2D eigenvalue weighted by Crippen LogP contribution is -2.33. The maximum absolute atomic E-state index is 12.5. The Labute approximate surface area is 135 Å². The first-order chi connectivity index (χ1) is 10.8. The summed E-state index contributed by atoms with van der Waals surface area (Å²) >= 11 is 0. The van der Waals surface area contributed by atoms with Crippen molar-refractivity contribution >= 4 is 17.0 Å². The van der Waals surface area contributed by atoms with E-state index in [0.717, 1.165) is 18.4 Å². The molecule has 1 N–H and O–H groups in total. The minimum atomic E-state index is -0.395. The molecule has 1 fully saturated rings. The lowest BCUT2D eigenvalue weighted by Gasteiger charge is -2.39. The first kappa shape index (κ1) is 15.8. The monoisotopic (exact) mass is 316 g/mol. The third-order valence-electron chi connectivity index (χ3n) is 4.87. The minimum absolute atomic E-state index is 0.100. The van der Waals surface area contributed by atoms with E-state index >= 15 is 0 Å². The Bertz CT molecular complexity index is 800. The molecule has 2 atom stereocenters. The molecule has 0 saturated heterocycles. The number of nitrogens with zero attached hydrogens (tertiary/aromatic N) is 1. The molecule has 1 aromatic heterocycles. The van der Waals surface area contributed by atoms with Crippen molar-refractivity contribution in [3.05, 3.63) is 34.2 Å². The molecule has 0 amide bonds. The zero-order chi connectivity index (χ0) is 16.8. The molecule has 0 aliphatic heterocycles. The van der Waals surface area contributed by atoms with E-state index in [0.29, 0.717) is 17.0 Å². The molecule has 23 heavy (non-hydrogen) atoms. The Hall–Kier alpha value is -2.04. The van der Waals surface area contributed by atoms with Gasteiger partial charge in [-0.2, -0.15) is 0 Å². The van der Waals surface area contributed by atoms with Crippen LogP contribution in [-0.4, -0.2) is 22.6 Å². The van der Waals surface area contributed by atoms with Crippen LogP contribution >= 0.6 is 0 Å². The Morgan fingerprint density at radius 3 is 2.74 bits per heavy atom. The molecule has 3 rings (SSSR count). The summed E-state index contributed by atoms with van der Waals surface area (Å²) in [5, 5.41) is 0. The second kappa shape index (κ2) is 5.55. The Morgan fingerprint density at radius 2 is 2.09 bits per heavy atom. The lowest BCUT2D eigenvalue weighted by atomic mass is 9.70. The van der Waals surface area contributed by atoms with Crippen LogP contribution in [0.15, 0.2) is 23.0 Å². The molecule has 5 heteroatoms. The zero-order valence-corrected chi connectivity index (χ0v) is 14.2. The number of esters is 1. The highest BCUT2D eigenvalue weighted by atomic mass is 16.5. The average molecular weight is 316 g/mol. The van der Waals surface area contributed by atoms with Gasteiger partial charge in [0.15, 0.2) is 0 Å². The molecule has 1 saturated carbocycles. The fourth-order valence-electron chi connectivity index (χ4n) is 4.23. The smallest absolute Gasteiger partial charge is 0.337 e. The number of methoxy groups -OCH3 is 1. The van der Waals surface area contributed by atoms with Crippen LogP contribution in [-0.2, 0) is 4.74 Å². The lowest BCUT2D eigenvalue weighted by molar-refractivity contribution is 0.0601. The normalized spacial score (nSPS) is 23.8. The summed E-state index contributed by atoms with van der Waals surface area (Å²) in [4.78, 5) is 27.0. The van der Waals surface area contributed by atoms with Gasteiger partial charge in [0, 0.05) is 6.04 Å². The molecule has 0 spiro atoms. The van der Waals surface area contributed by atoms with Gasteiger partial charge in [-0.3, -0.25) is 4.57 Å². The van der Waals surface area contributed by atoms with Crippen molar-refractivity contribution in [1.82, 2.24) is 9.55 Å². The quantitative estimate of drug-likeness (QED) is 0.862. The summed E-state index contributed by atoms with van der Waals surface area (Å²) in [6.45, 7) is 6.79. The molecule has 1 aliphatic carbocycles. The molecule has 5 nitrogen and oxygen atoms in total. The van der Waals surface area contributed by atoms with E-state index in [1.165, 1.54) is 13.5 Å². The van der Waals surface area contributed by atoms with Gasteiger partial charge in [0.25, 0.3) is 0 Å². The number of ether oxygens (including phenoxy) is 1. The van der Waals surface area contributed by atoms with Gasteiger partial charge in [-0.25, -0.2) is 9.59 Å². The number of aromatic amines is 1. The third kappa shape index (κ3) is 2.92. The van der Waals surface area contributed by atoms with Gasteiger partial charge < -0.3 is 9.72 Å². The number of hydrogen-bond donors (Lipinski definition) is 1. The number of hydrogen-bond acceptors (Lipinski definition) is 3.